The monoisotopic (exact) mass is 441 g/mol. The summed E-state index contributed by atoms with van der Waals surface area (Å²) in [4.78, 5) is 14.7. The van der Waals surface area contributed by atoms with E-state index in [2.05, 4.69) is 25.8 Å². The zero-order valence-electron chi connectivity index (χ0n) is 18.0. The minimum absolute atomic E-state index is 0.196. The Balaban J connectivity index is 1.41. The molecule has 2 aliphatic carbocycles. The van der Waals surface area contributed by atoms with Crippen LogP contribution >= 0.6 is 0 Å². The summed E-state index contributed by atoms with van der Waals surface area (Å²) >= 11 is 0. The molecule has 32 heavy (non-hydrogen) atoms. The van der Waals surface area contributed by atoms with Crippen molar-refractivity contribution in [3.05, 3.63) is 41.6 Å². The number of nitrogens with one attached hydrogen (secondary N) is 1. The van der Waals surface area contributed by atoms with Crippen LogP contribution < -0.4 is 5.32 Å². The quantitative estimate of drug-likeness (QED) is 0.631. The minimum atomic E-state index is -2.74. The maximum absolute atomic E-state index is 14.0. The van der Waals surface area contributed by atoms with Crippen LogP contribution in [0, 0.1) is 5.92 Å². The Morgan fingerprint density at radius 1 is 1.16 bits per heavy atom. The molecule has 1 N–H and O–H groups in total. The minimum Gasteiger partial charge on any atom is -0.309 e. The predicted octanol–water partition coefficient (Wildman–Crippen LogP) is 3.65. The summed E-state index contributed by atoms with van der Waals surface area (Å²) in [5.74, 6) is -2.77. The second kappa shape index (κ2) is 7.75. The molecule has 2 aliphatic rings. The number of benzene rings is 1. The van der Waals surface area contributed by atoms with Crippen molar-refractivity contribution >= 4 is 11.7 Å². The summed E-state index contributed by atoms with van der Waals surface area (Å²) in [6.45, 7) is 0. The van der Waals surface area contributed by atoms with Gasteiger partial charge in [-0.25, -0.2) is 8.78 Å². The van der Waals surface area contributed by atoms with E-state index in [-0.39, 0.29) is 18.7 Å². The molecule has 0 aliphatic heterocycles. The van der Waals surface area contributed by atoms with Crippen LogP contribution in [0.2, 0.25) is 0 Å². The molecule has 0 saturated heterocycles. The smallest absolute Gasteiger partial charge is 0.248 e. The molecule has 2 unspecified atom stereocenters. The van der Waals surface area contributed by atoms with Crippen LogP contribution in [-0.2, 0) is 18.9 Å². The van der Waals surface area contributed by atoms with Crippen LogP contribution in [-0.4, -0.2) is 41.8 Å². The lowest BCUT2D eigenvalue weighted by molar-refractivity contribution is -0.118. The standard InChI is InChI=1S/C22H25F2N7O/c1-30-17(13-3-4-13)11-18(27-30)25-21(32)19(16-9-10-22(23,24)12-16)14-5-7-15(8-6-14)20-26-29-31(2)28-20/h5-8,11,13,16,19H,3-4,9-10,12H2,1-2H3,(H,25,27,32). The number of alkyl halides is 2. The molecular weight excluding hydrogens is 416 g/mol. The molecule has 8 nitrogen and oxygen atoms in total. The van der Waals surface area contributed by atoms with Crippen LogP contribution in [0.25, 0.3) is 11.4 Å². The third kappa shape index (κ3) is 4.13. The molecule has 3 aromatic rings. The van der Waals surface area contributed by atoms with Gasteiger partial charge in [-0.2, -0.15) is 9.90 Å². The first-order chi connectivity index (χ1) is 15.3. The number of anilines is 1. The topological polar surface area (TPSA) is 90.5 Å². The number of aromatic nitrogens is 6. The van der Waals surface area contributed by atoms with Gasteiger partial charge in [0.25, 0.3) is 0 Å². The average Bonchev–Trinajstić information content (AvgIpc) is 3.24. The highest BCUT2D eigenvalue weighted by Gasteiger charge is 2.45. The number of amides is 1. The molecule has 2 atom stereocenters. The predicted molar refractivity (Wildman–Crippen MR) is 113 cm³/mol. The lowest BCUT2D eigenvalue weighted by Gasteiger charge is -2.23. The molecule has 2 aromatic heterocycles. The first-order valence-corrected chi connectivity index (χ1v) is 10.9. The maximum Gasteiger partial charge on any atom is 0.248 e. The van der Waals surface area contributed by atoms with Crippen molar-refractivity contribution in [1.82, 2.24) is 30.0 Å². The van der Waals surface area contributed by atoms with E-state index >= 15 is 0 Å². The van der Waals surface area contributed by atoms with Crippen molar-refractivity contribution in [3.63, 3.8) is 0 Å². The Kier molecular flexibility index (Phi) is 5.02. The van der Waals surface area contributed by atoms with E-state index in [1.165, 1.54) is 4.80 Å². The van der Waals surface area contributed by atoms with E-state index in [1.807, 2.05) is 13.1 Å². The van der Waals surface area contributed by atoms with Crippen molar-refractivity contribution in [2.45, 2.75) is 49.9 Å². The first-order valence-electron chi connectivity index (χ1n) is 10.9. The van der Waals surface area contributed by atoms with E-state index in [0.29, 0.717) is 29.5 Å². The Morgan fingerprint density at radius 3 is 2.50 bits per heavy atom. The SMILES string of the molecule is Cn1nnc(-c2ccc(C(C(=O)Nc3cc(C4CC4)n(C)n3)C3CCC(F)(F)C3)cc2)n1. The molecule has 0 spiro atoms. The van der Waals surface area contributed by atoms with E-state index in [1.54, 1.807) is 36.0 Å². The van der Waals surface area contributed by atoms with E-state index < -0.39 is 17.8 Å². The van der Waals surface area contributed by atoms with Gasteiger partial charge in [0.1, 0.15) is 0 Å². The molecular formula is C22H25F2N7O. The fraction of sp³-hybridized carbons (Fsp3) is 0.500. The lowest BCUT2D eigenvalue weighted by Crippen LogP contribution is -2.27. The Labute approximate surface area is 184 Å². The molecule has 5 rings (SSSR count). The summed E-state index contributed by atoms with van der Waals surface area (Å²) in [7, 11) is 3.54. The van der Waals surface area contributed by atoms with Gasteiger partial charge in [-0.1, -0.05) is 24.3 Å². The van der Waals surface area contributed by atoms with Crippen LogP contribution in [0.5, 0.6) is 0 Å². The number of hydrogen-bond acceptors (Lipinski definition) is 5. The van der Waals surface area contributed by atoms with Crippen LogP contribution in [0.1, 0.15) is 55.2 Å². The number of nitrogens with zero attached hydrogens (tertiary/aromatic N) is 6. The normalized spacial score (nSPS) is 20.9. The van der Waals surface area contributed by atoms with Crippen molar-refractivity contribution in [3.8, 4) is 11.4 Å². The van der Waals surface area contributed by atoms with Crippen LogP contribution in [0.3, 0.4) is 0 Å². The zero-order chi connectivity index (χ0) is 22.5. The van der Waals surface area contributed by atoms with Gasteiger partial charge >= 0.3 is 0 Å². The third-order valence-electron chi connectivity index (χ3n) is 6.39. The lowest BCUT2D eigenvalue weighted by atomic mass is 9.83. The first kappa shape index (κ1) is 20.7. The summed E-state index contributed by atoms with van der Waals surface area (Å²) in [5.41, 5.74) is 2.53. The van der Waals surface area contributed by atoms with Gasteiger partial charge in [0.15, 0.2) is 5.82 Å². The van der Waals surface area contributed by atoms with Gasteiger partial charge in [0, 0.05) is 43.1 Å². The number of hydrogen-bond donors (Lipinski definition) is 1. The number of carbonyl (C=O) groups excluding carboxylic acids is 1. The fourth-order valence-electron chi connectivity index (χ4n) is 4.65. The van der Waals surface area contributed by atoms with Gasteiger partial charge < -0.3 is 5.32 Å². The molecule has 0 radical (unpaired) electrons. The van der Waals surface area contributed by atoms with Crippen molar-refractivity contribution in [1.29, 1.82) is 0 Å². The summed E-state index contributed by atoms with van der Waals surface area (Å²) in [6, 6.07) is 9.07. The fourth-order valence-corrected chi connectivity index (χ4v) is 4.65. The maximum atomic E-state index is 14.0. The van der Waals surface area contributed by atoms with Crippen molar-refractivity contribution in [2.75, 3.05) is 5.32 Å². The number of carbonyl (C=O) groups is 1. The zero-order valence-corrected chi connectivity index (χ0v) is 18.0. The van der Waals surface area contributed by atoms with Crippen LogP contribution in [0.4, 0.5) is 14.6 Å². The molecule has 2 saturated carbocycles. The number of tetrazole rings is 1. The average molecular weight is 441 g/mol. The van der Waals surface area contributed by atoms with Gasteiger partial charge in [-0.15, -0.1) is 10.2 Å². The highest BCUT2D eigenvalue weighted by Crippen LogP contribution is 2.46. The van der Waals surface area contributed by atoms with Crippen molar-refractivity contribution in [2.24, 2.45) is 20.0 Å². The second-order valence-corrected chi connectivity index (χ2v) is 8.90. The van der Waals surface area contributed by atoms with E-state index in [0.717, 1.165) is 24.1 Å². The Morgan fingerprint density at radius 2 is 1.91 bits per heavy atom. The molecule has 1 amide bonds. The molecule has 10 heteroatoms. The van der Waals surface area contributed by atoms with Crippen LogP contribution in [0.15, 0.2) is 30.3 Å². The molecule has 2 fully saturated rings. The van der Waals surface area contributed by atoms with Gasteiger partial charge in [-0.3, -0.25) is 9.48 Å². The summed E-state index contributed by atoms with van der Waals surface area (Å²) in [5, 5.41) is 19.3. The Hall–Kier alpha value is -3.17. The summed E-state index contributed by atoms with van der Waals surface area (Å²) < 4.78 is 29.8. The second-order valence-electron chi connectivity index (χ2n) is 8.90. The number of halogens is 2. The number of rotatable bonds is 6. The third-order valence-corrected chi connectivity index (χ3v) is 6.39. The Bertz CT molecular complexity index is 1130. The van der Waals surface area contributed by atoms with Gasteiger partial charge in [0.05, 0.1) is 13.0 Å². The molecule has 2 heterocycles. The highest BCUT2D eigenvalue weighted by atomic mass is 19.3. The molecule has 168 valence electrons. The highest BCUT2D eigenvalue weighted by molar-refractivity contribution is 5.95. The largest absolute Gasteiger partial charge is 0.309 e. The summed E-state index contributed by atoms with van der Waals surface area (Å²) in [6.07, 6.45) is 2.06. The number of aryl methyl sites for hydroxylation is 2. The van der Waals surface area contributed by atoms with Crippen molar-refractivity contribution < 1.29 is 13.6 Å². The molecule has 1 aromatic carbocycles. The van der Waals surface area contributed by atoms with Gasteiger partial charge in [-0.05, 0) is 36.0 Å². The van der Waals surface area contributed by atoms with E-state index in [9.17, 15) is 13.6 Å². The van der Waals surface area contributed by atoms with E-state index in [4.69, 9.17) is 0 Å². The molecule has 0 bridgehead atoms. The van der Waals surface area contributed by atoms with Gasteiger partial charge in [0.2, 0.25) is 17.7 Å².